The van der Waals surface area contributed by atoms with E-state index in [1.807, 2.05) is 30.3 Å². The molecule has 12 nitrogen and oxygen atoms in total. The largest absolute Gasteiger partial charge is 0.463 e. The normalized spacial score (nSPS) is 25.6. The fourth-order valence-electron chi connectivity index (χ4n) is 6.21. The number of ether oxygens (including phenoxy) is 4. The van der Waals surface area contributed by atoms with Crippen LogP contribution in [0.4, 0.5) is 5.82 Å². The highest BCUT2D eigenvalue weighted by Crippen LogP contribution is 2.44. The zero-order valence-electron chi connectivity index (χ0n) is 27.1. The van der Waals surface area contributed by atoms with Crippen molar-refractivity contribution in [1.29, 1.82) is 5.26 Å². The number of nitrogen functional groups attached to an aromatic ring is 1. The summed E-state index contributed by atoms with van der Waals surface area (Å²) < 4.78 is 25.5. The Balaban J connectivity index is 1.45. The van der Waals surface area contributed by atoms with Crippen LogP contribution >= 0.6 is 0 Å². The summed E-state index contributed by atoms with van der Waals surface area (Å²) in [6, 6.07) is 14.5. The molecule has 12 heteroatoms. The van der Waals surface area contributed by atoms with Gasteiger partial charge >= 0.3 is 17.9 Å². The molecule has 2 aliphatic heterocycles. The highest BCUT2D eigenvalue weighted by atomic mass is 16.7. The van der Waals surface area contributed by atoms with Gasteiger partial charge in [0.2, 0.25) is 5.60 Å². The lowest BCUT2D eigenvalue weighted by atomic mass is 9.92. The van der Waals surface area contributed by atoms with Crippen LogP contribution in [-0.2, 0) is 45.4 Å². The highest BCUT2D eigenvalue weighted by molar-refractivity contribution is 5.73. The predicted octanol–water partition coefficient (Wildman–Crippen LogP) is 5.29. The van der Waals surface area contributed by atoms with Crippen LogP contribution in [0.1, 0.15) is 88.3 Å². The minimum atomic E-state index is -1.99. The van der Waals surface area contributed by atoms with Crippen LogP contribution in [0.5, 0.6) is 0 Å². The summed E-state index contributed by atoms with van der Waals surface area (Å²) in [6.07, 6.45) is 11.0. The van der Waals surface area contributed by atoms with Crippen LogP contribution in [-0.4, -0.2) is 57.4 Å². The third-order valence-electron chi connectivity index (χ3n) is 8.73. The molecule has 0 amide bonds. The zero-order valence-corrected chi connectivity index (χ0v) is 27.1. The van der Waals surface area contributed by atoms with E-state index in [2.05, 4.69) is 28.3 Å². The first-order valence-electron chi connectivity index (χ1n) is 16.8. The van der Waals surface area contributed by atoms with Gasteiger partial charge in [-0.1, -0.05) is 68.2 Å². The van der Waals surface area contributed by atoms with Gasteiger partial charge in [0.1, 0.15) is 30.6 Å². The van der Waals surface area contributed by atoms with E-state index in [0.29, 0.717) is 18.4 Å². The van der Waals surface area contributed by atoms with Gasteiger partial charge in [0, 0.05) is 12.8 Å². The van der Waals surface area contributed by atoms with Crippen molar-refractivity contribution in [3.8, 4) is 6.07 Å². The lowest BCUT2D eigenvalue weighted by Gasteiger charge is -2.28. The van der Waals surface area contributed by atoms with Gasteiger partial charge in [-0.15, -0.1) is 0 Å². The molecule has 0 bridgehead atoms. The van der Waals surface area contributed by atoms with Crippen LogP contribution in [0.15, 0.2) is 60.9 Å². The Labute approximate surface area is 280 Å². The Kier molecular flexibility index (Phi) is 12.2. The number of rotatable bonds is 5. The molecule has 1 fully saturated rings. The number of hydrogen-bond donors (Lipinski definition) is 1. The summed E-state index contributed by atoms with van der Waals surface area (Å²) in [5.41, 5.74) is 5.47. The second kappa shape index (κ2) is 16.9. The Morgan fingerprint density at radius 2 is 1.60 bits per heavy atom. The number of hydrogen-bond acceptors (Lipinski definition) is 11. The molecule has 4 atom stereocenters. The first kappa shape index (κ1) is 34.6. The monoisotopic (exact) mass is 657 g/mol. The predicted molar refractivity (Wildman–Crippen MR) is 175 cm³/mol. The summed E-state index contributed by atoms with van der Waals surface area (Å²) >= 11 is 0. The van der Waals surface area contributed by atoms with E-state index in [1.54, 1.807) is 12.1 Å². The molecule has 0 spiro atoms. The van der Waals surface area contributed by atoms with E-state index >= 15 is 0 Å². The van der Waals surface area contributed by atoms with E-state index < -0.39 is 41.8 Å². The number of anilines is 1. The van der Waals surface area contributed by atoms with Crippen molar-refractivity contribution >= 4 is 29.2 Å². The standard InChI is InChI=1S/C36H43N5O7/c37-24-36(29-21-20-27-35(38)39-25-40-41(27)29)34-33(28(48-36)23-45-32(44)22-26-16-12-11-13-17-26)46-30(42)18-14-9-7-5-3-1-2-4-6-8-10-15-19-31(43)47-34/h1-2,11-13,16-17,20-21,25,28,33-34H,3-10,14-15,18-19,22-23H2,(H2,38,39,40)/b2-1-/t28-,33-,34-,36+/m1/s1. The maximum Gasteiger partial charge on any atom is 0.310 e. The van der Waals surface area contributed by atoms with Crippen LogP contribution in [0, 0.1) is 11.3 Å². The molecule has 2 N–H and O–H groups in total. The maximum absolute atomic E-state index is 13.4. The molecular formula is C36H43N5O7. The highest BCUT2D eigenvalue weighted by Gasteiger charge is 2.62. The summed E-state index contributed by atoms with van der Waals surface area (Å²) in [7, 11) is 0. The minimum Gasteiger partial charge on any atom is -0.463 e. The molecule has 1 saturated heterocycles. The second-order valence-corrected chi connectivity index (χ2v) is 12.3. The number of nitrogens with zero attached hydrogens (tertiary/aromatic N) is 4. The molecule has 3 aromatic rings. The quantitative estimate of drug-likeness (QED) is 0.215. The van der Waals surface area contributed by atoms with Gasteiger partial charge < -0.3 is 24.7 Å². The molecule has 48 heavy (non-hydrogen) atoms. The Hall–Kier alpha value is -4.76. The molecule has 254 valence electrons. The lowest BCUT2D eigenvalue weighted by molar-refractivity contribution is -0.170. The first-order valence-corrected chi connectivity index (χ1v) is 16.8. The minimum absolute atomic E-state index is 0.00908. The number of carbonyl (C=O) groups excluding carboxylic acids is 3. The van der Waals surface area contributed by atoms with E-state index in [4.69, 9.17) is 24.7 Å². The Bertz CT molecular complexity index is 1620. The van der Waals surface area contributed by atoms with Crippen LogP contribution in [0.2, 0.25) is 0 Å². The number of aromatic nitrogens is 3. The maximum atomic E-state index is 13.4. The van der Waals surface area contributed by atoms with Gasteiger partial charge in [0.25, 0.3) is 0 Å². The second-order valence-electron chi connectivity index (χ2n) is 12.3. The van der Waals surface area contributed by atoms with Crippen molar-refractivity contribution in [3.63, 3.8) is 0 Å². The van der Waals surface area contributed by atoms with Crippen LogP contribution in [0.25, 0.3) is 5.52 Å². The summed E-state index contributed by atoms with van der Waals surface area (Å²) in [5.74, 6) is -1.45. The van der Waals surface area contributed by atoms with E-state index in [1.165, 1.54) is 10.8 Å². The van der Waals surface area contributed by atoms with Gasteiger partial charge in [-0.05, 0) is 56.2 Å². The zero-order chi connectivity index (χ0) is 33.8. The molecule has 2 aliphatic rings. The number of nitrogens with two attached hydrogens (primary N) is 1. The summed E-state index contributed by atoms with van der Waals surface area (Å²) in [6.45, 7) is -0.352. The molecule has 0 unspecified atom stereocenters. The number of fused-ring (bicyclic) bond motifs is 2. The third-order valence-corrected chi connectivity index (χ3v) is 8.73. The van der Waals surface area contributed by atoms with Gasteiger partial charge in [-0.3, -0.25) is 14.4 Å². The summed E-state index contributed by atoms with van der Waals surface area (Å²) in [4.78, 5) is 43.6. The number of carbonyl (C=O) groups is 3. The van der Waals surface area contributed by atoms with Crippen molar-refractivity contribution in [2.45, 2.75) is 107 Å². The van der Waals surface area contributed by atoms with Gasteiger partial charge in [-0.2, -0.15) is 10.4 Å². The first-order chi connectivity index (χ1) is 23.4. The van der Waals surface area contributed by atoms with Crippen molar-refractivity contribution < 1.29 is 33.3 Å². The van der Waals surface area contributed by atoms with Crippen LogP contribution in [0.3, 0.4) is 0 Å². The number of esters is 3. The molecular weight excluding hydrogens is 614 g/mol. The van der Waals surface area contributed by atoms with E-state index in [0.717, 1.165) is 56.9 Å². The molecule has 0 saturated carbocycles. The van der Waals surface area contributed by atoms with Crippen LogP contribution < -0.4 is 5.73 Å². The Morgan fingerprint density at radius 1 is 0.938 bits per heavy atom. The molecule has 0 radical (unpaired) electrons. The molecule has 2 aromatic heterocycles. The average Bonchev–Trinajstić information content (AvgIpc) is 3.64. The van der Waals surface area contributed by atoms with E-state index in [-0.39, 0.29) is 37.4 Å². The SMILES string of the molecule is N#C[C@@]1(c2ccc3c(N)ncnn23)O[C@H](COC(=O)Cc2ccccc2)[C@H]2OC(=O)CCCCCC/C=C\CCCCCCC(=O)O[C@H]21. The fraction of sp³-hybridized carbons (Fsp3) is 0.500. The fourth-order valence-corrected chi connectivity index (χ4v) is 6.21. The summed E-state index contributed by atoms with van der Waals surface area (Å²) in [5, 5.41) is 15.1. The van der Waals surface area contributed by atoms with Crippen molar-refractivity contribution in [1.82, 2.24) is 14.6 Å². The van der Waals surface area contributed by atoms with Gasteiger partial charge in [0.05, 0.1) is 12.1 Å². The lowest BCUT2D eigenvalue weighted by Crippen LogP contribution is -2.46. The topological polar surface area (TPSA) is 168 Å². The molecule has 5 rings (SSSR count). The van der Waals surface area contributed by atoms with Gasteiger partial charge in [-0.25, -0.2) is 9.50 Å². The molecule has 0 aliphatic carbocycles. The van der Waals surface area contributed by atoms with Gasteiger partial charge in [0.15, 0.2) is 18.0 Å². The average molecular weight is 658 g/mol. The number of allylic oxidation sites excluding steroid dienone is 2. The molecule has 4 heterocycles. The van der Waals surface area contributed by atoms with Crippen molar-refractivity contribution in [3.05, 3.63) is 72.2 Å². The van der Waals surface area contributed by atoms with Crippen molar-refractivity contribution in [2.75, 3.05) is 12.3 Å². The smallest absolute Gasteiger partial charge is 0.310 e. The number of benzene rings is 1. The number of nitriles is 1. The Morgan fingerprint density at radius 3 is 2.29 bits per heavy atom. The van der Waals surface area contributed by atoms with Crippen molar-refractivity contribution in [2.24, 2.45) is 0 Å². The molecule has 1 aromatic carbocycles. The van der Waals surface area contributed by atoms with E-state index in [9.17, 15) is 19.6 Å². The third kappa shape index (κ3) is 8.58.